The lowest BCUT2D eigenvalue weighted by Crippen LogP contribution is -2.36. The molecule has 0 spiro atoms. The molecule has 0 unspecified atom stereocenters. The molecule has 0 aliphatic rings. The van der Waals surface area contributed by atoms with Gasteiger partial charge in [-0.2, -0.15) is 0 Å². The van der Waals surface area contributed by atoms with Crippen molar-refractivity contribution >= 4 is 11.8 Å². The summed E-state index contributed by atoms with van der Waals surface area (Å²) in [5.74, 6) is -0.426. The average molecular weight is 265 g/mol. The van der Waals surface area contributed by atoms with Gasteiger partial charge in [-0.15, -0.1) is 0 Å². The monoisotopic (exact) mass is 265 g/mol. The molecule has 6 heteroatoms. The van der Waals surface area contributed by atoms with Crippen molar-refractivity contribution in [2.45, 2.75) is 20.4 Å². The number of hydrogen-bond donors (Lipinski definition) is 1. The Hall–Kier alpha value is -2.11. The molecular weight excluding hydrogens is 246 g/mol. The van der Waals surface area contributed by atoms with Gasteiger partial charge in [0.15, 0.2) is 0 Å². The zero-order valence-electron chi connectivity index (χ0n) is 11.5. The lowest BCUT2D eigenvalue weighted by molar-refractivity contribution is -0.131. The molecule has 0 bridgehead atoms. The highest BCUT2D eigenvalue weighted by Crippen LogP contribution is 1.98. The van der Waals surface area contributed by atoms with Crippen LogP contribution >= 0.6 is 0 Å². The Balaban J connectivity index is 2.97. The van der Waals surface area contributed by atoms with Gasteiger partial charge in [-0.3, -0.25) is 14.4 Å². The van der Waals surface area contributed by atoms with Crippen molar-refractivity contribution in [1.29, 1.82) is 0 Å². The quantitative estimate of drug-likeness (QED) is 0.819. The first kappa shape index (κ1) is 14.9. The summed E-state index contributed by atoms with van der Waals surface area (Å²) in [5.41, 5.74) is 0.0580. The topological polar surface area (TPSA) is 71.4 Å². The van der Waals surface area contributed by atoms with Gasteiger partial charge in [0, 0.05) is 32.4 Å². The van der Waals surface area contributed by atoms with Gasteiger partial charge in [-0.25, -0.2) is 0 Å². The first-order chi connectivity index (χ1) is 9.03. The van der Waals surface area contributed by atoms with Gasteiger partial charge in [-0.1, -0.05) is 0 Å². The average Bonchev–Trinajstić information content (AvgIpc) is 2.41. The number of aromatic nitrogens is 1. The standard InChI is InChI=1S/C13H19N3O3/c1-4-15(5-2)12(18)9-16-8-10(13(19)14-3)6-7-11(16)17/h6-8H,4-5,9H2,1-3H3,(H,14,19). The van der Waals surface area contributed by atoms with E-state index in [1.165, 1.54) is 29.9 Å². The van der Waals surface area contributed by atoms with Gasteiger partial charge in [0.2, 0.25) is 5.91 Å². The zero-order chi connectivity index (χ0) is 14.4. The largest absolute Gasteiger partial charge is 0.355 e. The molecule has 1 aromatic heterocycles. The number of nitrogens with one attached hydrogen (secondary N) is 1. The fourth-order valence-corrected chi connectivity index (χ4v) is 1.76. The molecule has 6 nitrogen and oxygen atoms in total. The molecule has 1 heterocycles. The van der Waals surface area contributed by atoms with Crippen molar-refractivity contribution in [2.24, 2.45) is 0 Å². The van der Waals surface area contributed by atoms with Crippen LogP contribution in [0.1, 0.15) is 24.2 Å². The number of likely N-dealkylation sites (N-methyl/N-ethyl adjacent to an activating group) is 1. The van der Waals surface area contributed by atoms with Crippen LogP contribution in [0.2, 0.25) is 0 Å². The van der Waals surface area contributed by atoms with Crippen LogP contribution in [0.4, 0.5) is 0 Å². The van der Waals surface area contributed by atoms with Crippen molar-refractivity contribution in [2.75, 3.05) is 20.1 Å². The molecular formula is C13H19N3O3. The van der Waals surface area contributed by atoms with Crippen molar-refractivity contribution < 1.29 is 9.59 Å². The van der Waals surface area contributed by atoms with Crippen molar-refractivity contribution in [3.05, 3.63) is 34.2 Å². The summed E-state index contributed by atoms with van der Waals surface area (Å²) in [6.45, 7) is 4.90. The summed E-state index contributed by atoms with van der Waals surface area (Å²) in [4.78, 5) is 36.7. The summed E-state index contributed by atoms with van der Waals surface area (Å²) in [5, 5.41) is 2.48. The van der Waals surface area contributed by atoms with Gasteiger partial charge < -0.3 is 14.8 Å². The Labute approximate surface area is 112 Å². The Morgan fingerprint density at radius 3 is 2.42 bits per heavy atom. The summed E-state index contributed by atoms with van der Waals surface area (Å²) < 4.78 is 1.26. The van der Waals surface area contributed by atoms with E-state index in [2.05, 4.69) is 5.32 Å². The molecule has 2 amide bonds. The molecule has 19 heavy (non-hydrogen) atoms. The number of rotatable bonds is 5. The molecule has 1 rings (SSSR count). The maximum Gasteiger partial charge on any atom is 0.252 e. The maximum atomic E-state index is 11.9. The first-order valence-corrected chi connectivity index (χ1v) is 6.23. The van der Waals surface area contributed by atoms with Crippen LogP contribution in [0, 0.1) is 0 Å². The second kappa shape index (κ2) is 6.72. The number of pyridine rings is 1. The second-order valence-corrected chi connectivity index (χ2v) is 4.03. The molecule has 0 saturated heterocycles. The molecule has 1 aromatic rings. The number of carbonyl (C=O) groups is 2. The summed E-state index contributed by atoms with van der Waals surface area (Å²) in [6.07, 6.45) is 1.41. The summed E-state index contributed by atoms with van der Waals surface area (Å²) in [6, 6.07) is 2.74. The predicted octanol–water partition coefficient (Wildman–Crippen LogP) is 0.0763. The smallest absolute Gasteiger partial charge is 0.252 e. The van der Waals surface area contributed by atoms with Crippen LogP contribution < -0.4 is 10.9 Å². The number of hydrogen-bond acceptors (Lipinski definition) is 3. The van der Waals surface area contributed by atoms with Crippen LogP contribution in [-0.4, -0.2) is 41.4 Å². The minimum Gasteiger partial charge on any atom is -0.355 e. The van der Waals surface area contributed by atoms with Crippen LogP contribution in [0.15, 0.2) is 23.1 Å². The van der Waals surface area contributed by atoms with E-state index >= 15 is 0 Å². The summed E-state index contributed by atoms with van der Waals surface area (Å²) >= 11 is 0. The molecule has 0 aromatic carbocycles. The normalized spacial score (nSPS) is 10.1. The lowest BCUT2D eigenvalue weighted by atomic mass is 10.2. The van der Waals surface area contributed by atoms with Crippen molar-refractivity contribution in [3.8, 4) is 0 Å². The van der Waals surface area contributed by atoms with Gasteiger partial charge in [0.1, 0.15) is 6.54 Å². The van der Waals surface area contributed by atoms with Crippen LogP contribution in [0.5, 0.6) is 0 Å². The SMILES string of the molecule is CCN(CC)C(=O)Cn1cc(C(=O)NC)ccc1=O. The predicted molar refractivity (Wildman–Crippen MR) is 72.0 cm³/mol. The third-order valence-electron chi connectivity index (χ3n) is 2.89. The lowest BCUT2D eigenvalue weighted by Gasteiger charge is -2.19. The Kier molecular flexibility index (Phi) is 5.29. The molecule has 0 radical (unpaired) electrons. The minimum absolute atomic E-state index is 0.0503. The van der Waals surface area contributed by atoms with Gasteiger partial charge in [0.25, 0.3) is 11.5 Å². The number of amides is 2. The van der Waals surface area contributed by atoms with Crippen LogP contribution in [0.25, 0.3) is 0 Å². The molecule has 0 saturated carbocycles. The van der Waals surface area contributed by atoms with Crippen molar-refractivity contribution in [1.82, 2.24) is 14.8 Å². The molecule has 1 N–H and O–H groups in total. The highest BCUT2D eigenvalue weighted by molar-refractivity contribution is 5.93. The van der Waals surface area contributed by atoms with Gasteiger partial charge in [0.05, 0.1) is 5.56 Å². The highest BCUT2D eigenvalue weighted by atomic mass is 16.2. The van der Waals surface area contributed by atoms with Gasteiger partial charge >= 0.3 is 0 Å². The second-order valence-electron chi connectivity index (χ2n) is 4.03. The molecule has 104 valence electrons. The van der Waals surface area contributed by atoms with Crippen LogP contribution in [0.3, 0.4) is 0 Å². The van der Waals surface area contributed by atoms with E-state index in [1.54, 1.807) is 4.90 Å². The minimum atomic E-state index is -0.298. The Bertz CT molecular complexity index is 518. The first-order valence-electron chi connectivity index (χ1n) is 6.23. The fourth-order valence-electron chi connectivity index (χ4n) is 1.76. The molecule has 0 aliphatic heterocycles. The molecule has 0 atom stereocenters. The zero-order valence-corrected chi connectivity index (χ0v) is 11.5. The Morgan fingerprint density at radius 1 is 1.26 bits per heavy atom. The van der Waals surface area contributed by atoms with E-state index in [4.69, 9.17) is 0 Å². The van der Waals surface area contributed by atoms with E-state index in [1.807, 2.05) is 13.8 Å². The van der Waals surface area contributed by atoms with E-state index in [-0.39, 0.29) is 23.9 Å². The van der Waals surface area contributed by atoms with E-state index in [0.717, 1.165) is 0 Å². The van der Waals surface area contributed by atoms with Gasteiger partial charge in [-0.05, 0) is 19.9 Å². The fraction of sp³-hybridized carbons (Fsp3) is 0.462. The summed E-state index contributed by atoms with van der Waals surface area (Å²) in [7, 11) is 1.51. The van der Waals surface area contributed by atoms with Crippen molar-refractivity contribution in [3.63, 3.8) is 0 Å². The third-order valence-corrected chi connectivity index (χ3v) is 2.89. The maximum absolute atomic E-state index is 11.9. The van der Waals surface area contributed by atoms with E-state index < -0.39 is 0 Å². The van der Waals surface area contributed by atoms with E-state index in [9.17, 15) is 14.4 Å². The van der Waals surface area contributed by atoms with Crippen LogP contribution in [-0.2, 0) is 11.3 Å². The molecule has 0 aliphatic carbocycles. The molecule has 0 fully saturated rings. The number of nitrogens with zero attached hydrogens (tertiary/aromatic N) is 2. The number of carbonyl (C=O) groups excluding carboxylic acids is 2. The highest BCUT2D eigenvalue weighted by Gasteiger charge is 2.12. The van der Waals surface area contributed by atoms with E-state index in [0.29, 0.717) is 18.7 Å². The Morgan fingerprint density at radius 2 is 1.89 bits per heavy atom. The third kappa shape index (κ3) is 3.67.